The molecule has 1 aliphatic rings. The fourth-order valence-electron chi connectivity index (χ4n) is 3.13. The van der Waals surface area contributed by atoms with E-state index in [9.17, 15) is 4.79 Å². The Morgan fingerprint density at radius 3 is 2.80 bits per heavy atom. The fourth-order valence-corrected chi connectivity index (χ4v) is 3.13. The number of aromatic nitrogens is 2. The summed E-state index contributed by atoms with van der Waals surface area (Å²) in [6.07, 6.45) is 3.34. The summed E-state index contributed by atoms with van der Waals surface area (Å²) >= 11 is 0. The van der Waals surface area contributed by atoms with Gasteiger partial charge in [-0.05, 0) is 44.0 Å². The minimum absolute atomic E-state index is 0.0550. The molecule has 1 atom stereocenters. The number of hydrogen-bond donors (Lipinski definition) is 0. The Morgan fingerprint density at radius 2 is 2.04 bits per heavy atom. The zero-order valence-corrected chi connectivity index (χ0v) is 14.0. The van der Waals surface area contributed by atoms with Crippen LogP contribution in [0.1, 0.15) is 40.8 Å². The van der Waals surface area contributed by atoms with Gasteiger partial charge in [0.15, 0.2) is 5.76 Å². The molecule has 6 nitrogen and oxygen atoms in total. The van der Waals surface area contributed by atoms with Gasteiger partial charge in [0, 0.05) is 18.7 Å². The van der Waals surface area contributed by atoms with Crippen LogP contribution in [0.25, 0.3) is 11.5 Å². The first-order valence-corrected chi connectivity index (χ1v) is 8.44. The summed E-state index contributed by atoms with van der Waals surface area (Å²) in [5.74, 6) is 1.44. The Kier molecular flexibility index (Phi) is 4.09. The SMILES string of the molecule is Cc1ccc(-c2nnc(C3CCCN(C(=O)c4ccco4)C3)o2)cc1. The standard InChI is InChI=1S/C19H19N3O3/c1-13-6-8-14(9-7-13)17-20-21-18(25-17)15-4-2-10-22(12-15)19(23)16-5-3-11-24-16/h3,5-9,11,15H,2,4,10,12H2,1H3. The number of rotatable bonds is 3. The van der Waals surface area contributed by atoms with Gasteiger partial charge in [-0.1, -0.05) is 17.7 Å². The molecule has 25 heavy (non-hydrogen) atoms. The second-order valence-electron chi connectivity index (χ2n) is 6.38. The highest BCUT2D eigenvalue weighted by Gasteiger charge is 2.29. The summed E-state index contributed by atoms with van der Waals surface area (Å²) in [6, 6.07) is 11.4. The van der Waals surface area contributed by atoms with Crippen LogP contribution in [0, 0.1) is 6.92 Å². The van der Waals surface area contributed by atoms with Crippen LogP contribution in [0.15, 0.2) is 51.5 Å². The first-order chi connectivity index (χ1) is 12.2. The number of hydrogen-bond acceptors (Lipinski definition) is 5. The molecule has 1 aliphatic heterocycles. The molecule has 1 fully saturated rings. The molecule has 0 aliphatic carbocycles. The lowest BCUT2D eigenvalue weighted by atomic mass is 9.98. The minimum atomic E-state index is -0.0898. The Balaban J connectivity index is 1.50. The van der Waals surface area contributed by atoms with Crippen LogP contribution in [0.3, 0.4) is 0 Å². The highest BCUT2D eigenvalue weighted by molar-refractivity contribution is 5.91. The third-order valence-electron chi connectivity index (χ3n) is 4.53. The lowest BCUT2D eigenvalue weighted by molar-refractivity contribution is 0.0666. The van der Waals surface area contributed by atoms with Crippen molar-refractivity contribution in [1.82, 2.24) is 15.1 Å². The van der Waals surface area contributed by atoms with Crippen molar-refractivity contribution < 1.29 is 13.6 Å². The quantitative estimate of drug-likeness (QED) is 0.729. The molecule has 0 bridgehead atoms. The maximum atomic E-state index is 12.5. The molecule has 128 valence electrons. The molecular weight excluding hydrogens is 318 g/mol. The number of likely N-dealkylation sites (tertiary alicyclic amines) is 1. The van der Waals surface area contributed by atoms with Crippen molar-refractivity contribution in [3.8, 4) is 11.5 Å². The lowest BCUT2D eigenvalue weighted by Gasteiger charge is -2.30. The molecule has 0 N–H and O–H groups in total. The number of benzene rings is 1. The van der Waals surface area contributed by atoms with Gasteiger partial charge in [-0.2, -0.15) is 0 Å². The van der Waals surface area contributed by atoms with E-state index in [1.807, 2.05) is 31.2 Å². The van der Waals surface area contributed by atoms with Crippen molar-refractivity contribution in [3.05, 3.63) is 59.9 Å². The maximum absolute atomic E-state index is 12.5. The highest BCUT2D eigenvalue weighted by Crippen LogP contribution is 2.29. The normalized spacial score (nSPS) is 17.6. The molecule has 6 heteroatoms. The van der Waals surface area contributed by atoms with Gasteiger partial charge in [-0.3, -0.25) is 4.79 Å². The zero-order chi connectivity index (χ0) is 17.2. The second kappa shape index (κ2) is 6.55. The van der Waals surface area contributed by atoms with Crippen LogP contribution in [0.5, 0.6) is 0 Å². The number of carbonyl (C=O) groups excluding carboxylic acids is 1. The van der Waals surface area contributed by atoms with E-state index >= 15 is 0 Å². The van der Waals surface area contributed by atoms with E-state index in [0.717, 1.165) is 24.9 Å². The van der Waals surface area contributed by atoms with Crippen LogP contribution >= 0.6 is 0 Å². The molecule has 1 saturated heterocycles. The van der Waals surface area contributed by atoms with Crippen LogP contribution < -0.4 is 0 Å². The number of furan rings is 1. The van der Waals surface area contributed by atoms with E-state index in [1.165, 1.54) is 11.8 Å². The topological polar surface area (TPSA) is 72.4 Å². The van der Waals surface area contributed by atoms with E-state index < -0.39 is 0 Å². The lowest BCUT2D eigenvalue weighted by Crippen LogP contribution is -2.39. The van der Waals surface area contributed by atoms with Crippen molar-refractivity contribution >= 4 is 5.91 Å². The summed E-state index contributed by atoms with van der Waals surface area (Å²) in [5, 5.41) is 8.39. The van der Waals surface area contributed by atoms with Crippen molar-refractivity contribution in [2.75, 3.05) is 13.1 Å². The van der Waals surface area contributed by atoms with Crippen LogP contribution in [0.2, 0.25) is 0 Å². The Hall–Kier alpha value is -2.89. The maximum Gasteiger partial charge on any atom is 0.289 e. The number of aryl methyl sites for hydroxylation is 1. The van der Waals surface area contributed by atoms with E-state index in [0.29, 0.717) is 24.1 Å². The van der Waals surface area contributed by atoms with Crippen molar-refractivity contribution in [3.63, 3.8) is 0 Å². The predicted octanol–water partition coefficient (Wildman–Crippen LogP) is 3.66. The molecule has 2 aromatic heterocycles. The summed E-state index contributed by atoms with van der Waals surface area (Å²) in [6.45, 7) is 3.32. The minimum Gasteiger partial charge on any atom is -0.459 e. The second-order valence-corrected chi connectivity index (χ2v) is 6.38. The average molecular weight is 337 g/mol. The predicted molar refractivity (Wildman–Crippen MR) is 91.1 cm³/mol. The van der Waals surface area contributed by atoms with Crippen LogP contribution in [-0.4, -0.2) is 34.1 Å². The van der Waals surface area contributed by atoms with Crippen molar-refractivity contribution in [2.24, 2.45) is 0 Å². The van der Waals surface area contributed by atoms with E-state index in [1.54, 1.807) is 17.0 Å². The van der Waals surface area contributed by atoms with Gasteiger partial charge in [-0.15, -0.1) is 10.2 Å². The highest BCUT2D eigenvalue weighted by atomic mass is 16.4. The van der Waals surface area contributed by atoms with Gasteiger partial charge in [0.25, 0.3) is 5.91 Å². The van der Waals surface area contributed by atoms with E-state index in [2.05, 4.69) is 10.2 Å². The molecule has 3 aromatic rings. The number of carbonyl (C=O) groups is 1. The molecular formula is C19H19N3O3. The van der Waals surface area contributed by atoms with Crippen molar-refractivity contribution in [2.45, 2.75) is 25.7 Å². The van der Waals surface area contributed by atoms with E-state index in [4.69, 9.17) is 8.83 Å². The summed E-state index contributed by atoms with van der Waals surface area (Å²) in [4.78, 5) is 14.3. The fraction of sp³-hybridized carbons (Fsp3) is 0.316. The van der Waals surface area contributed by atoms with Crippen LogP contribution in [0.4, 0.5) is 0 Å². The van der Waals surface area contributed by atoms with Crippen molar-refractivity contribution in [1.29, 1.82) is 0 Å². The summed E-state index contributed by atoms with van der Waals surface area (Å²) in [5.41, 5.74) is 2.09. The third-order valence-corrected chi connectivity index (χ3v) is 4.53. The Bertz CT molecular complexity index is 852. The molecule has 0 radical (unpaired) electrons. The van der Waals surface area contributed by atoms with Gasteiger partial charge < -0.3 is 13.7 Å². The smallest absolute Gasteiger partial charge is 0.289 e. The monoisotopic (exact) mass is 337 g/mol. The first kappa shape index (κ1) is 15.6. The largest absolute Gasteiger partial charge is 0.459 e. The first-order valence-electron chi connectivity index (χ1n) is 8.44. The number of nitrogens with zero attached hydrogens (tertiary/aromatic N) is 3. The van der Waals surface area contributed by atoms with Crippen LogP contribution in [-0.2, 0) is 0 Å². The third kappa shape index (κ3) is 3.20. The number of piperidine rings is 1. The molecule has 0 saturated carbocycles. The molecule has 0 spiro atoms. The Labute approximate surface area is 145 Å². The van der Waals surface area contributed by atoms with Gasteiger partial charge in [-0.25, -0.2) is 0 Å². The van der Waals surface area contributed by atoms with Gasteiger partial charge >= 0.3 is 0 Å². The van der Waals surface area contributed by atoms with E-state index in [-0.39, 0.29) is 11.8 Å². The zero-order valence-electron chi connectivity index (χ0n) is 14.0. The summed E-state index contributed by atoms with van der Waals surface area (Å²) in [7, 11) is 0. The number of amides is 1. The molecule has 1 aromatic carbocycles. The molecule has 1 unspecified atom stereocenters. The molecule has 1 amide bonds. The Morgan fingerprint density at radius 1 is 1.20 bits per heavy atom. The average Bonchev–Trinajstić information content (AvgIpc) is 3.34. The van der Waals surface area contributed by atoms with Gasteiger partial charge in [0.2, 0.25) is 11.8 Å². The van der Waals surface area contributed by atoms with Gasteiger partial charge in [0.05, 0.1) is 12.2 Å². The molecule has 4 rings (SSSR count). The van der Waals surface area contributed by atoms with Gasteiger partial charge in [0.1, 0.15) is 0 Å². The summed E-state index contributed by atoms with van der Waals surface area (Å²) < 4.78 is 11.1. The molecule has 3 heterocycles.